The number of rotatable bonds is 8. The fraction of sp³-hybridized carbons (Fsp3) is 0.769. The number of nitrogens with one attached hydrogen (secondary N) is 2. The number of carbonyl (C=O) groups excluding carboxylic acids is 2. The molecule has 1 saturated carbocycles. The molecule has 1 rings (SSSR count). The molecule has 7 heteroatoms. The number of hydrogen-bond donors (Lipinski definition) is 3. The third kappa shape index (κ3) is 6.40. The highest BCUT2D eigenvalue weighted by atomic mass is 16.4. The van der Waals surface area contributed by atoms with Gasteiger partial charge in [-0.15, -0.1) is 0 Å². The van der Waals surface area contributed by atoms with Gasteiger partial charge in [-0.3, -0.25) is 9.59 Å². The van der Waals surface area contributed by atoms with Crippen LogP contribution in [0.2, 0.25) is 0 Å². The van der Waals surface area contributed by atoms with Gasteiger partial charge >= 0.3 is 12.0 Å². The lowest BCUT2D eigenvalue weighted by atomic mass is 10.2. The van der Waals surface area contributed by atoms with Crippen molar-refractivity contribution >= 4 is 17.9 Å². The van der Waals surface area contributed by atoms with Crippen LogP contribution < -0.4 is 10.6 Å². The molecule has 0 aliphatic heterocycles. The van der Waals surface area contributed by atoms with Crippen LogP contribution in [0.15, 0.2) is 0 Å². The Bertz CT molecular complexity index is 369. The second-order valence-electron chi connectivity index (χ2n) is 5.30. The largest absolute Gasteiger partial charge is 0.481 e. The van der Waals surface area contributed by atoms with Crippen LogP contribution in [0.3, 0.4) is 0 Å². The number of aliphatic carboxylic acids is 1. The molecule has 0 heterocycles. The Kier molecular flexibility index (Phi) is 6.27. The van der Waals surface area contributed by atoms with E-state index in [2.05, 4.69) is 10.6 Å². The molecule has 0 spiro atoms. The molecule has 1 aliphatic rings. The molecule has 3 N–H and O–H groups in total. The number of nitrogens with zero attached hydrogens (tertiary/aromatic N) is 1. The lowest BCUT2D eigenvalue weighted by molar-refractivity contribution is -0.141. The molecule has 1 fully saturated rings. The van der Waals surface area contributed by atoms with E-state index in [9.17, 15) is 14.4 Å². The fourth-order valence-electron chi connectivity index (χ4n) is 1.68. The molecule has 0 aromatic heterocycles. The smallest absolute Gasteiger partial charge is 0.317 e. The Morgan fingerprint density at radius 2 is 2.00 bits per heavy atom. The highest BCUT2D eigenvalue weighted by Crippen LogP contribution is 2.18. The van der Waals surface area contributed by atoms with Gasteiger partial charge in [0.1, 0.15) is 0 Å². The molecule has 1 aliphatic carbocycles. The van der Waals surface area contributed by atoms with Crippen LogP contribution in [0.5, 0.6) is 0 Å². The van der Waals surface area contributed by atoms with Gasteiger partial charge in [-0.05, 0) is 19.3 Å². The zero-order chi connectivity index (χ0) is 15.1. The van der Waals surface area contributed by atoms with Crippen LogP contribution in [0, 0.1) is 5.92 Å². The summed E-state index contributed by atoms with van der Waals surface area (Å²) in [6.07, 6.45) is 3.10. The zero-order valence-corrected chi connectivity index (χ0v) is 12.0. The maximum atomic E-state index is 11.7. The van der Waals surface area contributed by atoms with Gasteiger partial charge in [0.05, 0.1) is 5.92 Å². The first-order valence-corrected chi connectivity index (χ1v) is 6.91. The fourth-order valence-corrected chi connectivity index (χ4v) is 1.68. The Morgan fingerprint density at radius 3 is 2.55 bits per heavy atom. The van der Waals surface area contributed by atoms with Crippen molar-refractivity contribution in [3.05, 3.63) is 0 Å². The van der Waals surface area contributed by atoms with E-state index in [1.165, 1.54) is 4.90 Å². The van der Waals surface area contributed by atoms with E-state index < -0.39 is 11.9 Å². The van der Waals surface area contributed by atoms with Crippen LogP contribution in [-0.2, 0) is 9.59 Å². The molecule has 0 aromatic rings. The van der Waals surface area contributed by atoms with Gasteiger partial charge < -0.3 is 20.6 Å². The van der Waals surface area contributed by atoms with Crippen LogP contribution in [0.4, 0.5) is 4.79 Å². The summed E-state index contributed by atoms with van der Waals surface area (Å²) in [4.78, 5) is 35.1. The van der Waals surface area contributed by atoms with E-state index in [1.807, 2.05) is 0 Å². The summed E-state index contributed by atoms with van der Waals surface area (Å²) in [5.74, 6) is -1.51. The minimum absolute atomic E-state index is 0.0228. The van der Waals surface area contributed by atoms with Gasteiger partial charge in [0, 0.05) is 32.6 Å². The summed E-state index contributed by atoms with van der Waals surface area (Å²) >= 11 is 0. The minimum Gasteiger partial charge on any atom is -0.481 e. The first-order valence-electron chi connectivity index (χ1n) is 6.91. The van der Waals surface area contributed by atoms with Gasteiger partial charge in [-0.1, -0.05) is 6.92 Å². The third-order valence-corrected chi connectivity index (χ3v) is 3.12. The number of carboxylic acids is 1. The second-order valence-corrected chi connectivity index (χ2v) is 5.30. The van der Waals surface area contributed by atoms with Gasteiger partial charge in [-0.2, -0.15) is 0 Å². The van der Waals surface area contributed by atoms with Gasteiger partial charge in [0.2, 0.25) is 5.91 Å². The van der Waals surface area contributed by atoms with E-state index >= 15 is 0 Å². The molecule has 7 nitrogen and oxygen atoms in total. The molecular weight excluding hydrogens is 262 g/mol. The molecular formula is C13H23N3O4. The van der Waals surface area contributed by atoms with Crippen molar-refractivity contribution in [2.45, 2.75) is 38.6 Å². The standard InChI is InChI=1S/C13H23N3O4/c1-9(12(18)19)8-16(2)13(20)14-7-3-4-11(17)15-10-5-6-10/h9-10H,3-8H2,1-2H3,(H,14,20)(H,15,17)(H,18,19). The van der Waals surface area contributed by atoms with Crippen molar-refractivity contribution in [3.8, 4) is 0 Å². The van der Waals surface area contributed by atoms with E-state index in [-0.39, 0.29) is 18.5 Å². The first-order chi connectivity index (χ1) is 9.40. The summed E-state index contributed by atoms with van der Waals surface area (Å²) in [5, 5.41) is 14.3. The Morgan fingerprint density at radius 1 is 1.35 bits per heavy atom. The van der Waals surface area contributed by atoms with Crippen molar-refractivity contribution in [3.63, 3.8) is 0 Å². The SMILES string of the molecule is CC(CN(C)C(=O)NCCCC(=O)NC1CC1)C(=O)O. The van der Waals surface area contributed by atoms with Gasteiger partial charge in [0.15, 0.2) is 0 Å². The normalized spacial score (nSPS) is 15.3. The monoisotopic (exact) mass is 285 g/mol. The highest BCUT2D eigenvalue weighted by molar-refractivity contribution is 5.77. The molecule has 0 bridgehead atoms. The summed E-state index contributed by atoms with van der Waals surface area (Å²) in [6, 6.07) is 0.0430. The van der Waals surface area contributed by atoms with Crippen LogP contribution in [-0.4, -0.2) is 54.1 Å². The summed E-state index contributed by atoms with van der Waals surface area (Å²) in [5.41, 5.74) is 0. The third-order valence-electron chi connectivity index (χ3n) is 3.12. The summed E-state index contributed by atoms with van der Waals surface area (Å²) in [7, 11) is 1.55. The predicted octanol–water partition coefficient (Wildman–Crippen LogP) is 0.407. The Balaban J connectivity index is 2.09. The lowest BCUT2D eigenvalue weighted by Crippen LogP contribution is -2.41. The lowest BCUT2D eigenvalue weighted by Gasteiger charge is -2.19. The maximum Gasteiger partial charge on any atom is 0.317 e. The van der Waals surface area contributed by atoms with Crippen LogP contribution in [0.25, 0.3) is 0 Å². The molecule has 0 radical (unpaired) electrons. The van der Waals surface area contributed by atoms with Crippen molar-refractivity contribution in [2.24, 2.45) is 5.92 Å². The molecule has 1 atom stereocenters. The Labute approximate surface area is 118 Å². The molecule has 1 unspecified atom stereocenters. The van der Waals surface area contributed by atoms with Crippen molar-refractivity contribution in [2.75, 3.05) is 20.1 Å². The molecule has 0 saturated heterocycles. The van der Waals surface area contributed by atoms with Crippen molar-refractivity contribution < 1.29 is 19.5 Å². The quantitative estimate of drug-likeness (QED) is 0.562. The van der Waals surface area contributed by atoms with E-state index in [4.69, 9.17) is 5.11 Å². The average Bonchev–Trinajstić information content (AvgIpc) is 3.17. The summed E-state index contributed by atoms with van der Waals surface area (Å²) < 4.78 is 0. The van der Waals surface area contributed by atoms with Crippen molar-refractivity contribution in [1.82, 2.24) is 15.5 Å². The van der Waals surface area contributed by atoms with Crippen LogP contribution >= 0.6 is 0 Å². The van der Waals surface area contributed by atoms with Crippen molar-refractivity contribution in [1.29, 1.82) is 0 Å². The highest BCUT2D eigenvalue weighted by Gasteiger charge is 2.22. The van der Waals surface area contributed by atoms with Gasteiger partial charge in [-0.25, -0.2) is 4.79 Å². The summed E-state index contributed by atoms with van der Waals surface area (Å²) in [6.45, 7) is 2.11. The van der Waals surface area contributed by atoms with E-state index in [0.717, 1.165) is 12.8 Å². The average molecular weight is 285 g/mol. The van der Waals surface area contributed by atoms with Gasteiger partial charge in [0.25, 0.3) is 0 Å². The number of carboxylic acid groups (broad SMARTS) is 1. The molecule has 114 valence electrons. The molecule has 3 amide bonds. The maximum absolute atomic E-state index is 11.7. The minimum atomic E-state index is -0.929. The Hall–Kier alpha value is -1.79. The zero-order valence-electron chi connectivity index (χ0n) is 12.0. The topological polar surface area (TPSA) is 98.7 Å². The number of urea groups is 1. The predicted molar refractivity (Wildman–Crippen MR) is 73.2 cm³/mol. The number of hydrogen-bond acceptors (Lipinski definition) is 3. The molecule has 20 heavy (non-hydrogen) atoms. The van der Waals surface area contributed by atoms with E-state index in [1.54, 1.807) is 14.0 Å². The van der Waals surface area contributed by atoms with Crippen LogP contribution in [0.1, 0.15) is 32.6 Å². The number of amides is 3. The second kappa shape index (κ2) is 7.72. The first kappa shape index (κ1) is 16.3. The number of carbonyl (C=O) groups is 3. The van der Waals surface area contributed by atoms with E-state index in [0.29, 0.717) is 25.4 Å². The molecule has 0 aromatic carbocycles.